The first-order valence-electron chi connectivity index (χ1n) is 11.3. The Morgan fingerprint density at radius 3 is 2.54 bits per heavy atom. The molecule has 9 nitrogen and oxygen atoms in total. The molecule has 3 rings (SSSR count). The number of ether oxygens (including phenoxy) is 1. The number of hydrogen-bond acceptors (Lipinski definition) is 8. The van der Waals surface area contributed by atoms with Crippen molar-refractivity contribution in [3.05, 3.63) is 53.1 Å². The SMILES string of the molecule is CC(=O)Nc1ccc(O)cc1OC[C@](C)(O)C(NC1CCN(Cc2ccc(Cl)cc2)CC1)S(=O)[O-]. The molecule has 1 amide bonds. The van der Waals surface area contributed by atoms with Crippen molar-refractivity contribution < 1.29 is 28.5 Å². The molecule has 0 bridgehead atoms. The molecule has 1 fully saturated rings. The van der Waals surface area contributed by atoms with E-state index in [2.05, 4.69) is 15.5 Å². The number of phenolic OH excluding ortho intramolecular Hbond substituents is 1. The molecule has 0 aliphatic carbocycles. The number of phenols is 1. The number of rotatable bonds is 10. The third-order valence-corrected chi connectivity index (χ3v) is 7.13. The number of halogens is 1. The summed E-state index contributed by atoms with van der Waals surface area (Å²) in [5.41, 5.74) is -0.330. The van der Waals surface area contributed by atoms with Gasteiger partial charge in [-0.05, 0) is 73.8 Å². The maximum atomic E-state index is 12.0. The predicted octanol–water partition coefficient (Wildman–Crippen LogP) is 2.59. The Balaban J connectivity index is 1.58. The molecule has 1 saturated heterocycles. The number of benzene rings is 2. The van der Waals surface area contributed by atoms with Crippen molar-refractivity contribution in [1.29, 1.82) is 0 Å². The lowest BCUT2D eigenvalue weighted by molar-refractivity contribution is -0.114. The highest BCUT2D eigenvalue weighted by Crippen LogP contribution is 2.30. The quantitative estimate of drug-likeness (QED) is 0.275. The lowest BCUT2D eigenvalue weighted by Gasteiger charge is -2.40. The van der Waals surface area contributed by atoms with Crippen molar-refractivity contribution in [3.63, 3.8) is 0 Å². The zero-order valence-electron chi connectivity index (χ0n) is 19.7. The van der Waals surface area contributed by atoms with Crippen LogP contribution in [0.2, 0.25) is 5.02 Å². The van der Waals surface area contributed by atoms with Crippen molar-refractivity contribution in [3.8, 4) is 11.5 Å². The number of carbonyl (C=O) groups is 1. The van der Waals surface area contributed by atoms with Crippen LogP contribution in [-0.4, -0.2) is 66.5 Å². The second-order valence-corrected chi connectivity index (χ2v) is 10.4. The number of likely N-dealkylation sites (tertiary alicyclic amines) is 1. The second-order valence-electron chi connectivity index (χ2n) is 8.99. The van der Waals surface area contributed by atoms with E-state index in [1.165, 1.54) is 32.0 Å². The van der Waals surface area contributed by atoms with Gasteiger partial charge < -0.3 is 24.8 Å². The lowest BCUT2D eigenvalue weighted by Crippen LogP contribution is -2.58. The highest BCUT2D eigenvalue weighted by Gasteiger charge is 2.36. The highest BCUT2D eigenvalue weighted by molar-refractivity contribution is 7.79. The molecule has 0 radical (unpaired) electrons. The Morgan fingerprint density at radius 1 is 1.29 bits per heavy atom. The molecule has 2 unspecified atom stereocenters. The Bertz CT molecular complexity index is 1030. The van der Waals surface area contributed by atoms with Crippen molar-refractivity contribution in [1.82, 2.24) is 10.2 Å². The van der Waals surface area contributed by atoms with Gasteiger partial charge in [0.2, 0.25) is 5.91 Å². The number of anilines is 1. The van der Waals surface area contributed by atoms with Gasteiger partial charge in [-0.15, -0.1) is 0 Å². The Hall–Kier alpha value is -2.21. The van der Waals surface area contributed by atoms with E-state index in [4.69, 9.17) is 16.3 Å². The summed E-state index contributed by atoms with van der Waals surface area (Å²) in [6, 6.07) is 11.7. The van der Waals surface area contributed by atoms with Crippen molar-refractivity contribution in [2.24, 2.45) is 0 Å². The van der Waals surface area contributed by atoms with Crippen LogP contribution in [0.15, 0.2) is 42.5 Å². The van der Waals surface area contributed by atoms with E-state index >= 15 is 0 Å². The third kappa shape index (κ3) is 8.16. The first-order valence-corrected chi connectivity index (χ1v) is 12.8. The monoisotopic (exact) mass is 524 g/mol. The van der Waals surface area contributed by atoms with Gasteiger partial charge in [0.1, 0.15) is 29.1 Å². The normalized spacial score (nSPS) is 18.4. The molecule has 1 aliphatic heterocycles. The largest absolute Gasteiger partial charge is 0.771 e. The lowest BCUT2D eigenvalue weighted by atomic mass is 10.0. The van der Waals surface area contributed by atoms with Crippen LogP contribution in [0.3, 0.4) is 0 Å². The molecular formula is C24H31ClN3O6S-. The van der Waals surface area contributed by atoms with E-state index in [1.807, 2.05) is 24.3 Å². The summed E-state index contributed by atoms with van der Waals surface area (Å²) in [7, 11) is 0. The van der Waals surface area contributed by atoms with Crippen LogP contribution in [0.5, 0.6) is 11.5 Å². The first kappa shape index (κ1) is 27.4. The number of aliphatic hydroxyl groups is 1. The summed E-state index contributed by atoms with van der Waals surface area (Å²) >= 11 is 3.32. The number of hydrogen-bond donors (Lipinski definition) is 4. The standard InChI is InChI=1S/C24H32ClN3O6S/c1-16(29)26-21-8-7-20(30)13-22(21)34-15-24(2,31)23(35(32)33)27-19-9-11-28(12-10-19)14-17-3-5-18(25)6-4-17/h3-8,13,19,23,27,30-31H,9-12,14-15H2,1-2H3,(H,26,29)(H,32,33)/p-1/t23?,24-/m0/s1. The topological polar surface area (TPSA) is 134 Å². The van der Waals surface area contributed by atoms with E-state index in [1.54, 1.807) is 0 Å². The van der Waals surface area contributed by atoms with Gasteiger partial charge in [-0.3, -0.25) is 19.2 Å². The maximum absolute atomic E-state index is 12.0. The Kier molecular flexibility index (Phi) is 9.51. The second kappa shape index (κ2) is 12.2. The van der Waals surface area contributed by atoms with Crippen LogP contribution in [0.1, 0.15) is 32.3 Å². The summed E-state index contributed by atoms with van der Waals surface area (Å²) in [5, 5.41) is 25.8. The van der Waals surface area contributed by atoms with E-state index < -0.39 is 22.1 Å². The van der Waals surface area contributed by atoms with Gasteiger partial charge in [0.15, 0.2) is 0 Å². The van der Waals surface area contributed by atoms with Gasteiger partial charge in [-0.2, -0.15) is 0 Å². The van der Waals surface area contributed by atoms with Crippen LogP contribution in [0.4, 0.5) is 5.69 Å². The minimum atomic E-state index is -2.63. The molecular weight excluding hydrogens is 494 g/mol. The zero-order valence-corrected chi connectivity index (χ0v) is 21.3. The number of aromatic hydroxyl groups is 1. The number of piperidine rings is 1. The van der Waals surface area contributed by atoms with Gasteiger partial charge >= 0.3 is 0 Å². The van der Waals surface area contributed by atoms with Gasteiger partial charge in [0.05, 0.1) is 5.69 Å². The van der Waals surface area contributed by atoms with E-state index in [9.17, 15) is 23.8 Å². The van der Waals surface area contributed by atoms with Crippen LogP contribution < -0.4 is 15.4 Å². The molecule has 1 aliphatic rings. The zero-order chi connectivity index (χ0) is 25.6. The molecule has 192 valence electrons. The molecule has 2 aromatic rings. The van der Waals surface area contributed by atoms with Gasteiger partial charge in [0.25, 0.3) is 0 Å². The minimum Gasteiger partial charge on any atom is -0.771 e. The number of amides is 1. The first-order chi connectivity index (χ1) is 16.5. The highest BCUT2D eigenvalue weighted by atomic mass is 35.5. The van der Waals surface area contributed by atoms with Crippen LogP contribution in [-0.2, 0) is 22.4 Å². The summed E-state index contributed by atoms with van der Waals surface area (Å²) in [6.45, 7) is 4.66. The molecule has 2 aromatic carbocycles. The molecule has 4 N–H and O–H groups in total. The molecule has 11 heteroatoms. The smallest absolute Gasteiger partial charge is 0.221 e. The number of nitrogens with one attached hydrogen (secondary N) is 2. The molecule has 0 spiro atoms. The van der Waals surface area contributed by atoms with Crippen LogP contribution in [0.25, 0.3) is 0 Å². The molecule has 3 atom stereocenters. The Morgan fingerprint density at radius 2 is 1.94 bits per heavy atom. The molecule has 35 heavy (non-hydrogen) atoms. The molecule has 0 aromatic heterocycles. The summed E-state index contributed by atoms with van der Waals surface area (Å²) < 4.78 is 29.7. The number of nitrogens with zero attached hydrogens (tertiary/aromatic N) is 1. The average Bonchev–Trinajstić information content (AvgIpc) is 2.79. The van der Waals surface area contributed by atoms with Crippen molar-refractivity contribution in [2.45, 2.75) is 50.3 Å². The Labute approximate surface area is 212 Å². The van der Waals surface area contributed by atoms with E-state index in [0.29, 0.717) is 10.7 Å². The van der Waals surface area contributed by atoms with Crippen LogP contribution >= 0.6 is 11.6 Å². The third-order valence-electron chi connectivity index (χ3n) is 5.85. The fourth-order valence-electron chi connectivity index (χ4n) is 3.99. The van der Waals surface area contributed by atoms with Crippen LogP contribution in [0, 0.1) is 0 Å². The fourth-order valence-corrected chi connectivity index (χ4v) is 4.90. The maximum Gasteiger partial charge on any atom is 0.221 e. The minimum absolute atomic E-state index is 0.0958. The van der Waals surface area contributed by atoms with E-state index in [-0.39, 0.29) is 30.1 Å². The fraction of sp³-hybridized carbons (Fsp3) is 0.458. The predicted molar refractivity (Wildman–Crippen MR) is 134 cm³/mol. The molecule has 0 saturated carbocycles. The van der Waals surface area contributed by atoms with Gasteiger partial charge in [-0.25, -0.2) is 0 Å². The summed E-state index contributed by atoms with van der Waals surface area (Å²) in [4.78, 5) is 13.7. The number of carbonyl (C=O) groups excluding carboxylic acids is 1. The van der Waals surface area contributed by atoms with E-state index in [0.717, 1.165) is 38.0 Å². The summed E-state index contributed by atoms with van der Waals surface area (Å²) in [6.07, 6.45) is 1.44. The average molecular weight is 525 g/mol. The molecule has 1 heterocycles. The summed E-state index contributed by atoms with van der Waals surface area (Å²) in [5.74, 6) is -0.317. The van der Waals surface area contributed by atoms with Crippen molar-refractivity contribution in [2.75, 3.05) is 25.0 Å². The van der Waals surface area contributed by atoms with Gasteiger partial charge in [-0.1, -0.05) is 23.7 Å². The van der Waals surface area contributed by atoms with Gasteiger partial charge in [0, 0.05) is 30.6 Å². The van der Waals surface area contributed by atoms with Crippen molar-refractivity contribution >= 4 is 34.3 Å².